The predicted octanol–water partition coefficient (Wildman–Crippen LogP) is 5.31. The van der Waals surface area contributed by atoms with Crippen LogP contribution in [0.3, 0.4) is 0 Å². The van der Waals surface area contributed by atoms with E-state index in [2.05, 4.69) is 0 Å². The molecule has 0 bridgehead atoms. The van der Waals surface area contributed by atoms with Gasteiger partial charge in [0.2, 0.25) is 9.84 Å². The van der Waals surface area contributed by atoms with E-state index in [1.54, 1.807) is 48.5 Å². The molecule has 3 aromatic rings. The molecular weight excluding hydrogens is 368 g/mol. The quantitative estimate of drug-likeness (QED) is 0.438. The van der Waals surface area contributed by atoms with E-state index >= 15 is 0 Å². The molecule has 0 atom stereocenters. The van der Waals surface area contributed by atoms with Crippen LogP contribution in [0.4, 0.5) is 0 Å². The van der Waals surface area contributed by atoms with Crippen LogP contribution in [0.25, 0.3) is 5.57 Å². The van der Waals surface area contributed by atoms with Crippen LogP contribution in [-0.4, -0.2) is 14.2 Å². The monoisotopic (exact) mass is 390 g/mol. The molecule has 0 radical (unpaired) electrons. The molecule has 3 rings (SSSR count). The van der Waals surface area contributed by atoms with Crippen LogP contribution in [-0.2, 0) is 9.84 Å². The van der Waals surface area contributed by atoms with Gasteiger partial charge < -0.3 is 0 Å². The maximum absolute atomic E-state index is 13.2. The van der Waals surface area contributed by atoms with E-state index in [1.165, 1.54) is 0 Å². The first-order valence-corrected chi connectivity index (χ1v) is 10.5. The molecule has 0 aliphatic rings. The predicted molar refractivity (Wildman–Crippen MR) is 113 cm³/mol. The van der Waals surface area contributed by atoms with Crippen molar-refractivity contribution < 1.29 is 13.2 Å². The highest BCUT2D eigenvalue weighted by molar-refractivity contribution is 7.94. The van der Waals surface area contributed by atoms with Crippen molar-refractivity contribution in [3.05, 3.63) is 106 Å². The highest BCUT2D eigenvalue weighted by atomic mass is 32.2. The van der Waals surface area contributed by atoms with E-state index in [0.717, 1.165) is 22.1 Å². The number of ketones is 1. The van der Waals surface area contributed by atoms with Gasteiger partial charge in [-0.05, 0) is 38.5 Å². The smallest absolute Gasteiger partial charge is 0.200 e. The molecule has 0 fully saturated rings. The van der Waals surface area contributed by atoms with Crippen molar-refractivity contribution in [3.63, 3.8) is 0 Å². The minimum absolute atomic E-state index is 0.157. The van der Waals surface area contributed by atoms with Crippen molar-refractivity contribution >= 4 is 21.2 Å². The number of benzene rings is 3. The molecule has 0 spiro atoms. The van der Waals surface area contributed by atoms with Gasteiger partial charge in [0, 0.05) is 16.5 Å². The Bertz CT molecular complexity index is 1120. The average molecular weight is 391 g/mol. The summed E-state index contributed by atoms with van der Waals surface area (Å²) in [6.07, 6.45) is 0. The molecule has 0 amide bonds. The van der Waals surface area contributed by atoms with Crippen LogP contribution in [0.2, 0.25) is 0 Å². The minimum Gasteiger partial charge on any atom is -0.289 e. The van der Waals surface area contributed by atoms with E-state index in [1.807, 2.05) is 45.0 Å². The maximum atomic E-state index is 13.2. The van der Waals surface area contributed by atoms with Crippen molar-refractivity contribution in [2.75, 3.05) is 0 Å². The van der Waals surface area contributed by atoms with Gasteiger partial charge in [-0.3, -0.25) is 4.79 Å². The van der Waals surface area contributed by atoms with Crippen molar-refractivity contribution in [3.8, 4) is 0 Å². The van der Waals surface area contributed by atoms with E-state index < -0.39 is 9.84 Å². The van der Waals surface area contributed by atoms with Gasteiger partial charge in [0.1, 0.15) is 0 Å². The number of carbonyl (C=O) groups is 1. The lowest BCUT2D eigenvalue weighted by atomic mass is 9.97. The Hall–Kier alpha value is -2.98. The van der Waals surface area contributed by atoms with Gasteiger partial charge in [0.25, 0.3) is 0 Å². The average Bonchev–Trinajstić information content (AvgIpc) is 2.67. The van der Waals surface area contributed by atoms with Gasteiger partial charge in [0.05, 0.1) is 4.90 Å². The summed E-state index contributed by atoms with van der Waals surface area (Å²) in [5, 5.41) is 1.09. The Morgan fingerprint density at radius 2 is 1.04 bits per heavy atom. The van der Waals surface area contributed by atoms with Crippen molar-refractivity contribution in [1.29, 1.82) is 0 Å². The Balaban J connectivity index is 2.13. The zero-order valence-electron chi connectivity index (χ0n) is 16.1. The molecule has 0 aliphatic heterocycles. The van der Waals surface area contributed by atoms with Crippen LogP contribution >= 0.6 is 0 Å². The van der Waals surface area contributed by atoms with Gasteiger partial charge in [0.15, 0.2) is 5.78 Å². The summed E-state index contributed by atoms with van der Waals surface area (Å²) in [5.41, 5.74) is 4.22. The summed E-state index contributed by atoms with van der Waals surface area (Å²) < 4.78 is 25.9. The van der Waals surface area contributed by atoms with E-state index in [0.29, 0.717) is 11.1 Å². The molecule has 0 N–H and O–H groups in total. The number of allylic oxidation sites excluding steroid dienone is 1. The van der Waals surface area contributed by atoms with Gasteiger partial charge in [-0.25, -0.2) is 8.42 Å². The second-order valence-electron chi connectivity index (χ2n) is 6.95. The fraction of sp³-hybridized carbons (Fsp3) is 0.125. The van der Waals surface area contributed by atoms with E-state index in [-0.39, 0.29) is 16.3 Å². The summed E-state index contributed by atoms with van der Waals surface area (Å²) in [6.45, 7) is 5.77. The van der Waals surface area contributed by atoms with Crippen LogP contribution in [0, 0.1) is 20.8 Å². The molecule has 0 saturated heterocycles. The highest BCUT2D eigenvalue weighted by Gasteiger charge is 2.20. The first-order valence-electron chi connectivity index (χ1n) is 8.98. The fourth-order valence-corrected chi connectivity index (χ4v) is 4.00. The van der Waals surface area contributed by atoms with Crippen molar-refractivity contribution in [2.24, 2.45) is 0 Å². The Labute approximate surface area is 166 Å². The van der Waals surface area contributed by atoms with E-state index in [4.69, 9.17) is 0 Å². The van der Waals surface area contributed by atoms with Crippen molar-refractivity contribution in [2.45, 2.75) is 25.7 Å². The number of hydrogen-bond acceptors (Lipinski definition) is 3. The molecule has 4 heteroatoms. The summed E-state index contributed by atoms with van der Waals surface area (Å²) in [4.78, 5) is 13.3. The first-order chi connectivity index (χ1) is 13.3. The second kappa shape index (κ2) is 7.95. The number of Topliss-reactive ketones (excluding diaryl/α,β-unsaturated/α-hetero) is 1. The molecule has 28 heavy (non-hydrogen) atoms. The Morgan fingerprint density at radius 3 is 1.50 bits per heavy atom. The zero-order valence-corrected chi connectivity index (χ0v) is 17.0. The topological polar surface area (TPSA) is 51.2 Å². The third kappa shape index (κ3) is 4.46. The molecule has 0 heterocycles. The van der Waals surface area contributed by atoms with Gasteiger partial charge >= 0.3 is 0 Å². The van der Waals surface area contributed by atoms with Crippen LogP contribution in [0.5, 0.6) is 0 Å². The summed E-state index contributed by atoms with van der Waals surface area (Å²) in [6, 6.07) is 21.0. The number of rotatable bonds is 5. The van der Waals surface area contributed by atoms with Crippen LogP contribution < -0.4 is 0 Å². The third-order valence-electron chi connectivity index (χ3n) is 4.54. The first kappa shape index (κ1) is 19.8. The summed E-state index contributed by atoms with van der Waals surface area (Å²) in [7, 11) is -3.78. The Morgan fingerprint density at radius 1 is 0.643 bits per heavy atom. The zero-order chi connectivity index (χ0) is 20.3. The molecule has 142 valence electrons. The number of hydrogen-bond donors (Lipinski definition) is 0. The molecule has 3 nitrogen and oxygen atoms in total. The van der Waals surface area contributed by atoms with Crippen molar-refractivity contribution in [1.82, 2.24) is 0 Å². The SMILES string of the molecule is Cc1ccc(C(=O)/C(=C/S(=O)(=O)c2ccc(C)cc2)c2ccc(C)cc2)cc1. The number of sulfone groups is 1. The fourth-order valence-electron chi connectivity index (χ4n) is 2.80. The number of aryl methyl sites for hydroxylation is 3. The second-order valence-corrected chi connectivity index (χ2v) is 8.75. The Kier molecular flexibility index (Phi) is 5.61. The third-order valence-corrected chi connectivity index (χ3v) is 6.02. The maximum Gasteiger partial charge on any atom is 0.200 e. The highest BCUT2D eigenvalue weighted by Crippen LogP contribution is 2.25. The normalized spacial score (nSPS) is 12.0. The number of carbonyl (C=O) groups excluding carboxylic acids is 1. The molecule has 0 aliphatic carbocycles. The lowest BCUT2D eigenvalue weighted by molar-refractivity contribution is 0.105. The van der Waals surface area contributed by atoms with E-state index in [9.17, 15) is 13.2 Å². The van der Waals surface area contributed by atoms with Gasteiger partial charge in [-0.1, -0.05) is 77.4 Å². The van der Waals surface area contributed by atoms with Crippen LogP contribution in [0.1, 0.15) is 32.6 Å². The van der Waals surface area contributed by atoms with Crippen LogP contribution in [0.15, 0.2) is 83.1 Å². The molecule has 0 aromatic heterocycles. The molecule has 0 unspecified atom stereocenters. The lowest BCUT2D eigenvalue weighted by Gasteiger charge is -2.09. The van der Waals surface area contributed by atoms with Gasteiger partial charge in [-0.2, -0.15) is 0 Å². The molecule has 3 aromatic carbocycles. The molecular formula is C24H22O3S. The minimum atomic E-state index is -3.78. The summed E-state index contributed by atoms with van der Waals surface area (Å²) >= 11 is 0. The molecule has 0 saturated carbocycles. The lowest BCUT2D eigenvalue weighted by Crippen LogP contribution is -2.07. The van der Waals surface area contributed by atoms with Gasteiger partial charge in [-0.15, -0.1) is 0 Å². The summed E-state index contributed by atoms with van der Waals surface area (Å²) in [5.74, 6) is -0.320. The standard InChI is InChI=1S/C24H22O3S/c1-17-4-10-20(11-5-17)23(24(25)21-12-6-18(2)7-13-21)16-28(26,27)22-14-8-19(3)9-15-22/h4-16H,1-3H3/b23-16+. The largest absolute Gasteiger partial charge is 0.289 e.